The Balaban J connectivity index is 0. The highest BCUT2D eigenvalue weighted by Gasteiger charge is 1.96. The van der Waals surface area contributed by atoms with E-state index in [2.05, 4.69) is 6.92 Å². The SMILES string of the molecule is CCCCCCCCCCCCCCCC(=O)O.P. The minimum absolute atomic E-state index is 0. The fourth-order valence-corrected chi connectivity index (χ4v) is 2.29. The van der Waals surface area contributed by atoms with Crippen LogP contribution in [0.3, 0.4) is 0 Å². The molecule has 1 unspecified atom stereocenters. The van der Waals surface area contributed by atoms with E-state index in [1.54, 1.807) is 0 Å². The molecule has 1 N–H and O–H groups in total. The predicted octanol–water partition coefficient (Wildman–Crippen LogP) is 5.61. The molecule has 1 atom stereocenters. The lowest BCUT2D eigenvalue weighted by Crippen LogP contribution is -1.93. The van der Waals surface area contributed by atoms with Crippen molar-refractivity contribution in [2.24, 2.45) is 0 Å². The number of rotatable bonds is 14. The highest BCUT2D eigenvalue weighted by Crippen LogP contribution is 2.12. The van der Waals surface area contributed by atoms with Crippen molar-refractivity contribution < 1.29 is 9.90 Å². The van der Waals surface area contributed by atoms with Crippen molar-refractivity contribution in [1.29, 1.82) is 0 Å². The first-order valence-corrected chi connectivity index (χ1v) is 7.99. The Morgan fingerprint density at radius 2 is 1.00 bits per heavy atom. The molecule has 0 heterocycles. The Kier molecular flexibility index (Phi) is 20.0. The van der Waals surface area contributed by atoms with Crippen LogP contribution in [0, 0.1) is 0 Å². The summed E-state index contributed by atoms with van der Waals surface area (Å²) in [6.07, 6.45) is 17.3. The highest BCUT2D eigenvalue weighted by molar-refractivity contribution is 6.92. The van der Waals surface area contributed by atoms with Gasteiger partial charge in [-0.2, -0.15) is 9.90 Å². The molecule has 0 aliphatic heterocycles. The summed E-state index contributed by atoms with van der Waals surface area (Å²) in [6, 6.07) is 0. The van der Waals surface area contributed by atoms with Gasteiger partial charge in [0.15, 0.2) is 0 Å². The molecule has 0 rings (SSSR count). The molecule has 19 heavy (non-hydrogen) atoms. The van der Waals surface area contributed by atoms with Crippen LogP contribution < -0.4 is 0 Å². The molecule has 0 spiro atoms. The standard InChI is InChI=1S/C16H32O2.H3P/c1-2-3-4-5-6-7-8-9-10-11-12-13-14-15-16(17)18;/h2-15H2,1H3,(H,17,18);1H3. The van der Waals surface area contributed by atoms with E-state index >= 15 is 0 Å². The second-order valence-electron chi connectivity index (χ2n) is 5.39. The van der Waals surface area contributed by atoms with Gasteiger partial charge in [0.1, 0.15) is 0 Å². The monoisotopic (exact) mass is 290 g/mol. The van der Waals surface area contributed by atoms with Gasteiger partial charge in [-0.15, -0.1) is 0 Å². The van der Waals surface area contributed by atoms with Crippen LogP contribution in [0.5, 0.6) is 0 Å². The zero-order valence-corrected chi connectivity index (χ0v) is 14.4. The van der Waals surface area contributed by atoms with Crippen molar-refractivity contribution in [2.45, 2.75) is 96.8 Å². The lowest BCUT2D eigenvalue weighted by molar-refractivity contribution is -0.137. The van der Waals surface area contributed by atoms with Crippen LogP contribution in [-0.4, -0.2) is 11.1 Å². The molecule has 3 heteroatoms. The van der Waals surface area contributed by atoms with Crippen molar-refractivity contribution in [2.75, 3.05) is 0 Å². The third kappa shape index (κ3) is 20.4. The van der Waals surface area contributed by atoms with Crippen LogP contribution in [0.1, 0.15) is 96.8 Å². The molecule has 0 amide bonds. The second kappa shape index (κ2) is 17.9. The Morgan fingerprint density at radius 3 is 1.32 bits per heavy atom. The molecule has 2 nitrogen and oxygen atoms in total. The van der Waals surface area contributed by atoms with Gasteiger partial charge in [0, 0.05) is 6.42 Å². The van der Waals surface area contributed by atoms with Crippen LogP contribution >= 0.6 is 9.90 Å². The minimum Gasteiger partial charge on any atom is -0.481 e. The Hall–Kier alpha value is -0.100. The first kappa shape index (κ1) is 21.2. The van der Waals surface area contributed by atoms with Crippen molar-refractivity contribution in [3.63, 3.8) is 0 Å². The van der Waals surface area contributed by atoms with Gasteiger partial charge >= 0.3 is 5.97 Å². The summed E-state index contributed by atoms with van der Waals surface area (Å²) >= 11 is 0. The van der Waals surface area contributed by atoms with E-state index in [4.69, 9.17) is 5.11 Å². The fraction of sp³-hybridized carbons (Fsp3) is 0.938. The van der Waals surface area contributed by atoms with E-state index in [1.165, 1.54) is 70.6 Å². The lowest BCUT2D eigenvalue weighted by Gasteiger charge is -2.02. The number of unbranched alkanes of at least 4 members (excludes halogenated alkanes) is 12. The predicted molar refractivity (Wildman–Crippen MR) is 89.1 cm³/mol. The maximum Gasteiger partial charge on any atom is 0.303 e. The number of carbonyl (C=O) groups is 1. The molecular formula is C16H35O2P. The summed E-state index contributed by atoms with van der Waals surface area (Å²) in [6.45, 7) is 2.26. The van der Waals surface area contributed by atoms with E-state index in [9.17, 15) is 4.79 Å². The number of hydrogen-bond donors (Lipinski definition) is 1. The molecule has 0 saturated carbocycles. The summed E-state index contributed by atoms with van der Waals surface area (Å²) in [5.74, 6) is -0.655. The molecule has 0 radical (unpaired) electrons. The number of carboxylic acid groups (broad SMARTS) is 1. The van der Waals surface area contributed by atoms with Gasteiger partial charge in [0.2, 0.25) is 0 Å². The summed E-state index contributed by atoms with van der Waals surface area (Å²) in [7, 11) is 0. The maximum atomic E-state index is 10.3. The summed E-state index contributed by atoms with van der Waals surface area (Å²) in [5, 5.41) is 8.49. The third-order valence-electron chi connectivity index (χ3n) is 3.49. The molecule has 0 bridgehead atoms. The van der Waals surface area contributed by atoms with Crippen LogP contribution in [0.2, 0.25) is 0 Å². The van der Waals surface area contributed by atoms with Gasteiger partial charge in [-0.05, 0) is 6.42 Å². The lowest BCUT2D eigenvalue weighted by atomic mass is 10.0. The first-order valence-electron chi connectivity index (χ1n) is 7.99. The van der Waals surface area contributed by atoms with E-state index in [-0.39, 0.29) is 9.90 Å². The Bertz CT molecular complexity index is 184. The molecule has 0 saturated heterocycles. The molecule has 0 aromatic heterocycles. The van der Waals surface area contributed by atoms with Gasteiger partial charge in [-0.25, -0.2) is 0 Å². The van der Waals surface area contributed by atoms with Crippen molar-refractivity contribution >= 4 is 15.9 Å². The quantitative estimate of drug-likeness (QED) is 0.333. The van der Waals surface area contributed by atoms with Crippen molar-refractivity contribution in [1.82, 2.24) is 0 Å². The van der Waals surface area contributed by atoms with Crippen molar-refractivity contribution in [3.8, 4) is 0 Å². The summed E-state index contributed by atoms with van der Waals surface area (Å²) in [5.41, 5.74) is 0. The minimum atomic E-state index is -0.655. The number of hydrogen-bond acceptors (Lipinski definition) is 1. The smallest absolute Gasteiger partial charge is 0.303 e. The molecule has 0 aromatic rings. The number of carboxylic acids is 1. The second-order valence-corrected chi connectivity index (χ2v) is 5.39. The largest absolute Gasteiger partial charge is 0.481 e. The molecule has 0 aliphatic rings. The average molecular weight is 290 g/mol. The fourth-order valence-electron chi connectivity index (χ4n) is 2.29. The Morgan fingerprint density at radius 1 is 0.684 bits per heavy atom. The van der Waals surface area contributed by atoms with Crippen LogP contribution in [-0.2, 0) is 4.79 Å². The molecular weight excluding hydrogens is 255 g/mol. The van der Waals surface area contributed by atoms with Gasteiger partial charge in [0.05, 0.1) is 0 Å². The average Bonchev–Trinajstić information content (AvgIpc) is 2.34. The van der Waals surface area contributed by atoms with E-state index < -0.39 is 5.97 Å². The number of aliphatic carboxylic acids is 1. The highest BCUT2D eigenvalue weighted by atomic mass is 31.0. The summed E-state index contributed by atoms with van der Waals surface area (Å²) in [4.78, 5) is 10.3. The molecule has 0 fully saturated rings. The van der Waals surface area contributed by atoms with Gasteiger partial charge < -0.3 is 5.11 Å². The molecule has 116 valence electrons. The third-order valence-corrected chi connectivity index (χ3v) is 3.49. The normalized spacial score (nSPS) is 10.2. The van der Waals surface area contributed by atoms with Crippen LogP contribution in [0.25, 0.3) is 0 Å². The first-order chi connectivity index (χ1) is 8.77. The molecule has 0 aromatic carbocycles. The van der Waals surface area contributed by atoms with Gasteiger partial charge in [-0.3, -0.25) is 4.79 Å². The maximum absolute atomic E-state index is 10.3. The van der Waals surface area contributed by atoms with Gasteiger partial charge in [-0.1, -0.05) is 84.0 Å². The van der Waals surface area contributed by atoms with E-state index in [0.29, 0.717) is 6.42 Å². The van der Waals surface area contributed by atoms with Crippen LogP contribution in [0.15, 0.2) is 0 Å². The van der Waals surface area contributed by atoms with Gasteiger partial charge in [0.25, 0.3) is 0 Å². The van der Waals surface area contributed by atoms with E-state index in [0.717, 1.165) is 12.8 Å². The van der Waals surface area contributed by atoms with E-state index in [1.807, 2.05) is 0 Å². The summed E-state index contributed by atoms with van der Waals surface area (Å²) < 4.78 is 0. The topological polar surface area (TPSA) is 37.3 Å². The molecule has 0 aliphatic carbocycles. The zero-order chi connectivity index (χ0) is 13.5. The zero-order valence-electron chi connectivity index (χ0n) is 13.0. The van der Waals surface area contributed by atoms with Crippen LogP contribution in [0.4, 0.5) is 0 Å². The van der Waals surface area contributed by atoms with Crippen molar-refractivity contribution in [3.05, 3.63) is 0 Å². The Labute approximate surface area is 123 Å².